The zero-order chi connectivity index (χ0) is 21.2. The van der Waals surface area contributed by atoms with Gasteiger partial charge in [-0.2, -0.15) is 13.2 Å². The van der Waals surface area contributed by atoms with Crippen molar-refractivity contribution in [1.82, 2.24) is 10.2 Å². The fraction of sp³-hybridized carbons (Fsp3) is 0.500. The summed E-state index contributed by atoms with van der Waals surface area (Å²) < 4.78 is 64.1. The number of nitrogens with zero attached hydrogens (tertiary/aromatic N) is 5. The molecule has 0 saturated heterocycles. The van der Waals surface area contributed by atoms with Crippen LogP contribution in [0.2, 0.25) is 0 Å². The molecule has 0 spiro atoms. The number of aromatic nitrogens is 2. The average molecular weight is 448 g/mol. The Bertz CT molecular complexity index is 991. The average Bonchev–Trinajstić information content (AvgIpc) is 3.10. The summed E-state index contributed by atoms with van der Waals surface area (Å²) >= 11 is 1.12. The number of hydrogen-bond donors (Lipinski definition) is 1. The maximum absolute atomic E-state index is 12.6. The lowest BCUT2D eigenvalue weighted by Crippen LogP contribution is -2.35. The molecule has 0 amide bonds. The van der Waals surface area contributed by atoms with Crippen LogP contribution in [0.15, 0.2) is 27.9 Å². The first-order valence-corrected chi connectivity index (χ1v) is 11.3. The van der Waals surface area contributed by atoms with Crippen LogP contribution in [-0.4, -0.2) is 43.1 Å². The largest absolute Gasteiger partial charge is 0.404 e. The van der Waals surface area contributed by atoms with Gasteiger partial charge in [-0.05, 0) is 44.4 Å². The topological polar surface area (TPSA) is 99.9 Å². The van der Waals surface area contributed by atoms with E-state index in [1.54, 1.807) is 6.07 Å². The molecule has 0 fully saturated rings. The molecule has 0 radical (unpaired) electrons. The molecular weight excluding hydrogens is 429 g/mol. The second kappa shape index (κ2) is 8.22. The second-order valence-corrected chi connectivity index (χ2v) is 9.32. The molecule has 0 aliphatic carbocycles. The van der Waals surface area contributed by atoms with E-state index in [-0.39, 0.29) is 22.5 Å². The first kappa shape index (κ1) is 21.4. The molecule has 1 aliphatic rings. The summed E-state index contributed by atoms with van der Waals surface area (Å²) in [6.45, 7) is 4.75. The molecule has 0 atom stereocenters. The SMILES string of the molecule is CC(C)N1CCCc2cc(N=Nc3nncs3)c(NS(=O)(=O)CC(F)(F)F)cc21. The summed E-state index contributed by atoms with van der Waals surface area (Å²) in [5.74, 6) is -1.99. The summed E-state index contributed by atoms with van der Waals surface area (Å²) in [6, 6.07) is 3.32. The van der Waals surface area contributed by atoms with Crippen LogP contribution in [0.25, 0.3) is 0 Å². The third-order valence-corrected chi connectivity index (χ3v) is 6.00. The highest BCUT2D eigenvalue weighted by molar-refractivity contribution is 7.92. The Morgan fingerprint density at radius 3 is 2.69 bits per heavy atom. The fourth-order valence-corrected chi connectivity index (χ4v) is 4.45. The molecule has 0 unspecified atom stereocenters. The van der Waals surface area contributed by atoms with Crippen LogP contribution in [0.5, 0.6) is 0 Å². The maximum atomic E-state index is 12.6. The van der Waals surface area contributed by atoms with E-state index >= 15 is 0 Å². The van der Waals surface area contributed by atoms with E-state index in [4.69, 9.17) is 0 Å². The predicted molar refractivity (Wildman–Crippen MR) is 105 cm³/mol. The quantitative estimate of drug-likeness (QED) is 0.660. The molecule has 0 bridgehead atoms. The molecule has 2 aromatic rings. The fourth-order valence-electron chi connectivity index (χ4n) is 3.08. The van der Waals surface area contributed by atoms with Gasteiger partial charge in [-0.1, -0.05) is 11.3 Å². The van der Waals surface area contributed by atoms with Crippen molar-refractivity contribution in [3.63, 3.8) is 0 Å². The Morgan fingerprint density at radius 1 is 1.31 bits per heavy atom. The highest BCUT2D eigenvalue weighted by Gasteiger charge is 2.35. The molecule has 158 valence electrons. The van der Waals surface area contributed by atoms with E-state index in [1.165, 1.54) is 11.6 Å². The summed E-state index contributed by atoms with van der Waals surface area (Å²) in [6.07, 6.45) is -3.22. The third-order valence-electron chi connectivity index (χ3n) is 4.19. The van der Waals surface area contributed by atoms with E-state index < -0.39 is 22.0 Å². The first-order chi connectivity index (χ1) is 13.5. The van der Waals surface area contributed by atoms with Gasteiger partial charge in [-0.25, -0.2) is 8.42 Å². The number of halogens is 3. The Hall–Kier alpha value is -2.28. The van der Waals surface area contributed by atoms with E-state index in [9.17, 15) is 21.6 Å². The molecule has 1 aliphatic heterocycles. The Kier molecular flexibility index (Phi) is 6.08. The van der Waals surface area contributed by atoms with Crippen LogP contribution < -0.4 is 9.62 Å². The van der Waals surface area contributed by atoms with E-state index in [2.05, 4.69) is 25.3 Å². The number of hydrogen-bond acceptors (Lipinski definition) is 8. The van der Waals surface area contributed by atoms with Crippen molar-refractivity contribution in [1.29, 1.82) is 0 Å². The summed E-state index contributed by atoms with van der Waals surface area (Å²) in [7, 11) is -4.67. The van der Waals surface area contributed by atoms with E-state index in [0.29, 0.717) is 0 Å². The maximum Gasteiger partial charge on any atom is 0.404 e. The molecule has 1 N–H and O–H groups in total. The number of rotatable bonds is 6. The Morgan fingerprint density at radius 2 is 2.07 bits per heavy atom. The van der Waals surface area contributed by atoms with Crippen molar-refractivity contribution in [2.45, 2.75) is 38.9 Å². The number of alkyl halides is 3. The van der Waals surface area contributed by atoms with Crippen molar-refractivity contribution in [3.05, 3.63) is 23.2 Å². The van der Waals surface area contributed by atoms with Gasteiger partial charge in [0, 0.05) is 18.3 Å². The summed E-state index contributed by atoms with van der Waals surface area (Å²) in [5, 5.41) is 15.5. The van der Waals surface area contributed by atoms with Crippen LogP contribution in [-0.2, 0) is 16.4 Å². The highest BCUT2D eigenvalue weighted by atomic mass is 32.2. The first-order valence-electron chi connectivity index (χ1n) is 8.73. The minimum atomic E-state index is -4.86. The number of sulfonamides is 1. The summed E-state index contributed by atoms with van der Waals surface area (Å²) in [4.78, 5) is 2.08. The smallest absolute Gasteiger partial charge is 0.369 e. The van der Waals surface area contributed by atoms with Gasteiger partial charge >= 0.3 is 6.18 Å². The van der Waals surface area contributed by atoms with Crippen molar-refractivity contribution < 1.29 is 21.6 Å². The zero-order valence-corrected chi connectivity index (χ0v) is 17.3. The molecule has 0 saturated carbocycles. The predicted octanol–water partition coefficient (Wildman–Crippen LogP) is 4.42. The van der Waals surface area contributed by atoms with Crippen LogP contribution in [0.1, 0.15) is 25.8 Å². The van der Waals surface area contributed by atoms with Crippen molar-refractivity contribution >= 4 is 43.6 Å². The lowest BCUT2D eigenvalue weighted by molar-refractivity contribution is -0.106. The van der Waals surface area contributed by atoms with Crippen LogP contribution in [0.3, 0.4) is 0 Å². The summed E-state index contributed by atoms with van der Waals surface area (Å²) in [5.41, 5.74) is 3.21. The number of nitrogens with one attached hydrogen (secondary N) is 1. The standard InChI is InChI=1S/C16H19F3N6O2S2/c1-10(2)25-5-3-4-11-6-12(21-23-15-22-20-9-28-15)13(7-14(11)25)24-29(26,27)8-16(17,18)19/h6-7,9-10,24H,3-5,8H2,1-2H3. The number of aryl methyl sites for hydroxylation is 1. The minimum absolute atomic E-state index is 0.0613. The number of anilines is 2. The second-order valence-electron chi connectivity index (χ2n) is 6.79. The molecule has 2 heterocycles. The molecule has 3 rings (SSSR count). The Balaban J connectivity index is 2.04. The van der Waals surface area contributed by atoms with Crippen molar-refractivity contribution in [2.75, 3.05) is 21.9 Å². The normalized spacial score (nSPS) is 15.2. The molecule has 1 aromatic heterocycles. The van der Waals surface area contributed by atoms with Gasteiger partial charge in [0.1, 0.15) is 11.2 Å². The van der Waals surface area contributed by atoms with Gasteiger partial charge in [0.15, 0.2) is 5.75 Å². The molecule has 8 nitrogen and oxygen atoms in total. The molecule has 29 heavy (non-hydrogen) atoms. The number of fused-ring (bicyclic) bond motifs is 1. The van der Waals surface area contributed by atoms with Crippen LogP contribution in [0, 0.1) is 0 Å². The van der Waals surface area contributed by atoms with Gasteiger partial charge in [-0.3, -0.25) is 4.72 Å². The Labute approximate surface area is 169 Å². The van der Waals surface area contributed by atoms with Gasteiger partial charge in [-0.15, -0.1) is 20.4 Å². The number of benzene rings is 1. The van der Waals surface area contributed by atoms with Gasteiger partial charge in [0.05, 0.1) is 5.69 Å². The van der Waals surface area contributed by atoms with E-state index in [0.717, 1.165) is 42.0 Å². The van der Waals surface area contributed by atoms with E-state index in [1.807, 2.05) is 18.6 Å². The monoisotopic (exact) mass is 448 g/mol. The number of azo groups is 1. The van der Waals surface area contributed by atoms with Gasteiger partial charge in [0.25, 0.3) is 5.13 Å². The van der Waals surface area contributed by atoms with Gasteiger partial charge < -0.3 is 4.90 Å². The lowest BCUT2D eigenvalue weighted by atomic mass is 9.99. The van der Waals surface area contributed by atoms with Gasteiger partial charge in [0.2, 0.25) is 10.0 Å². The lowest BCUT2D eigenvalue weighted by Gasteiger charge is -2.35. The molecule has 13 heteroatoms. The third kappa shape index (κ3) is 5.63. The van der Waals surface area contributed by atoms with Crippen LogP contribution >= 0.6 is 11.3 Å². The minimum Gasteiger partial charge on any atom is -0.369 e. The van der Waals surface area contributed by atoms with Crippen LogP contribution in [0.4, 0.5) is 35.4 Å². The van der Waals surface area contributed by atoms with Crippen molar-refractivity contribution in [2.24, 2.45) is 10.2 Å². The molecule has 1 aromatic carbocycles. The van der Waals surface area contributed by atoms with Crippen molar-refractivity contribution in [3.8, 4) is 0 Å². The highest BCUT2D eigenvalue weighted by Crippen LogP contribution is 2.39. The zero-order valence-electron chi connectivity index (χ0n) is 15.6. The molecular formula is C16H19F3N6O2S2.